The first-order valence-electron chi connectivity index (χ1n) is 27.9. The first kappa shape index (κ1) is 79.7. The molecule has 0 aliphatic carbocycles. The Labute approximate surface area is 622 Å². The first-order valence-corrected chi connectivity index (χ1v) is 36.4. The maximum absolute atomic E-state index is 13.6. The van der Waals surface area contributed by atoms with Crippen LogP contribution in [-0.2, 0) is 94.8 Å². The average Bonchev–Trinajstić information content (AvgIpc) is 0.769. The van der Waals surface area contributed by atoms with E-state index in [1.54, 1.807) is 0 Å². The van der Waals surface area contributed by atoms with Crippen LogP contribution in [0.15, 0.2) is 245 Å². The molecule has 0 aromatic heterocycles. The molecule has 10 aromatic carbocycles. The Balaban J connectivity index is 0.00000523. The molecule has 43 heteroatoms. The van der Waals surface area contributed by atoms with Gasteiger partial charge in [-0.3, -0.25) is 0 Å². The fourth-order valence-electron chi connectivity index (χ4n) is 9.57. The molecule has 105 heavy (non-hydrogen) atoms. The van der Waals surface area contributed by atoms with Crippen LogP contribution in [0.1, 0.15) is 51.5 Å². The van der Waals surface area contributed by atoms with E-state index in [-0.39, 0.29) is 103 Å². The van der Waals surface area contributed by atoms with Crippen molar-refractivity contribution in [1.29, 1.82) is 0 Å². The molecule has 0 fully saturated rings. The zero-order chi connectivity index (χ0) is 74.9. The summed E-state index contributed by atoms with van der Waals surface area (Å²) in [5.41, 5.74) is -7.78. The maximum atomic E-state index is 13.6. The monoisotopic (exact) mass is 1640 g/mol. The van der Waals surface area contributed by atoms with Crippen molar-refractivity contribution in [2.75, 3.05) is 0 Å². The number of benzene rings is 10. The van der Waals surface area contributed by atoms with Crippen molar-refractivity contribution in [1.82, 2.24) is 0 Å². The molecule has 0 spiro atoms. The number of nitrogens with zero attached hydrogens (tertiary/aromatic N) is 10. The Kier molecular flexibility index (Phi) is 23.7. The Bertz CT molecular complexity index is 6300. The fourth-order valence-corrected chi connectivity index (χ4v) is 13.6. The molecule has 2 radical (unpaired) electrons. The molecule has 0 bridgehead atoms. The summed E-state index contributed by atoms with van der Waals surface area (Å²) in [4.78, 5) is 16.4. The SMILES string of the molecule is O=C([O-])c1ccccc1N=Nc1c(S(=O)(=O)[O-])cc2ccc(N=Nc3ccc(C=Cc4ccc(N=[N+]([O-])c5ccc(C=Cc6ccc(N=Nc7ccc8cc(S(=O)(=O)[O-])c(N=Nc9ccccc9C(=O)[O-])c([O-])c8c7)cc6S(=O)(=O)[O-])c(S(=O)(=O)[O-])c5)cc4S(=O)(=O)[O-])c(S(=O)(=O)[O-])c3)cc2c1[O-].[Cu+2].[Cu+2].[H+].[H+].[H+].[H+].[H+].[H+]. The van der Waals surface area contributed by atoms with Gasteiger partial charge in [0.05, 0.1) is 86.8 Å². The van der Waals surface area contributed by atoms with Crippen LogP contribution in [0.3, 0.4) is 0 Å². The molecule has 0 saturated heterocycles. The second-order valence-corrected chi connectivity index (χ2v) is 29.1. The summed E-state index contributed by atoms with van der Waals surface area (Å²) in [5, 5.41) is 96.8. The van der Waals surface area contributed by atoms with E-state index in [4.69, 9.17) is 0 Å². The third kappa shape index (κ3) is 18.7. The Morgan fingerprint density at radius 1 is 0.343 bits per heavy atom. The summed E-state index contributed by atoms with van der Waals surface area (Å²) < 4.78 is 224. The molecule has 0 aliphatic rings. The number of fused-ring (bicyclic) bond motifs is 2. The molecule has 0 unspecified atom stereocenters. The van der Waals surface area contributed by atoms with E-state index >= 15 is 0 Å². The van der Waals surface area contributed by atoms with Crippen molar-refractivity contribution in [3.8, 4) is 11.5 Å². The number of carbonyl (C=O) groups excluding carboxylic acids is 2. The number of carbonyl (C=O) groups is 2. The van der Waals surface area contributed by atoms with Gasteiger partial charge < -0.3 is 62.5 Å². The van der Waals surface area contributed by atoms with Crippen LogP contribution in [0.4, 0.5) is 56.9 Å². The van der Waals surface area contributed by atoms with Crippen LogP contribution in [-0.4, -0.2) is 94.6 Å². The van der Waals surface area contributed by atoms with E-state index in [0.29, 0.717) is 12.1 Å². The summed E-state index contributed by atoms with van der Waals surface area (Å²) in [6.07, 6.45) is 3.53. The zero-order valence-electron chi connectivity index (χ0n) is 57.2. The van der Waals surface area contributed by atoms with Crippen LogP contribution < -0.4 is 20.4 Å². The molecule has 0 aliphatic heterocycles. The summed E-state index contributed by atoms with van der Waals surface area (Å²) >= 11 is 0. The summed E-state index contributed by atoms with van der Waals surface area (Å²) in [6.45, 7) is 0. The first-order chi connectivity index (χ1) is 48.2. The van der Waals surface area contributed by atoms with Gasteiger partial charge in [-0.2, -0.15) is 20.5 Å². The molecular formula is C62H38Cu2N10O25S6. The van der Waals surface area contributed by atoms with E-state index in [0.717, 1.165) is 146 Å². The van der Waals surface area contributed by atoms with Crippen molar-refractivity contribution >= 4 is 175 Å². The van der Waals surface area contributed by atoms with Crippen LogP contribution in [0.5, 0.6) is 11.5 Å². The zero-order valence-corrected chi connectivity index (χ0v) is 58.0. The molecule has 0 saturated carbocycles. The number of carboxylic acids is 2. The van der Waals surface area contributed by atoms with E-state index < -0.39 is 170 Å². The van der Waals surface area contributed by atoms with Gasteiger partial charge in [0.25, 0.3) is 0 Å². The van der Waals surface area contributed by atoms with Crippen LogP contribution >= 0.6 is 0 Å². The van der Waals surface area contributed by atoms with Gasteiger partial charge in [-0.05, 0) is 135 Å². The minimum Gasteiger partial charge on any atom is -0.871 e. The Hall–Kier alpha value is -11.0. The summed E-state index contributed by atoms with van der Waals surface area (Å²) in [5.74, 6) is -5.75. The molecule has 10 aromatic rings. The van der Waals surface area contributed by atoms with Crippen LogP contribution in [0.2, 0.25) is 0 Å². The van der Waals surface area contributed by atoms with Gasteiger partial charge in [0.15, 0.2) is 0 Å². The topological polar surface area (TPSA) is 607 Å². The van der Waals surface area contributed by atoms with E-state index in [9.17, 15) is 113 Å². The number of hydrogen-bond acceptors (Lipinski definition) is 34. The van der Waals surface area contributed by atoms with E-state index in [1.165, 1.54) is 36.4 Å². The summed E-state index contributed by atoms with van der Waals surface area (Å²) in [6, 6.07) is 28.7. The normalized spacial score (nSPS) is 12.9. The van der Waals surface area contributed by atoms with E-state index in [1.807, 2.05) is 0 Å². The van der Waals surface area contributed by atoms with Crippen molar-refractivity contribution in [3.05, 3.63) is 208 Å². The molecule has 544 valence electrons. The number of carboxylic acid groups (broad SMARTS) is 2. The maximum Gasteiger partial charge on any atom is 2.00 e. The van der Waals surface area contributed by atoms with Crippen molar-refractivity contribution in [3.63, 3.8) is 0 Å². The van der Waals surface area contributed by atoms with Gasteiger partial charge in [0.2, 0.25) is 5.69 Å². The van der Waals surface area contributed by atoms with Gasteiger partial charge in [0, 0.05) is 28.4 Å². The third-order valence-electron chi connectivity index (χ3n) is 14.3. The minimum absolute atomic E-state index is 0. The Morgan fingerprint density at radius 3 is 0.981 bits per heavy atom. The largest absolute Gasteiger partial charge is 2.00 e. The quantitative estimate of drug-likeness (QED) is 0.0152. The number of hydrogen-bond donors (Lipinski definition) is 0. The van der Waals surface area contributed by atoms with Crippen molar-refractivity contribution in [2.45, 2.75) is 29.4 Å². The number of aromatic carboxylic acids is 2. The fraction of sp³-hybridized carbons (Fsp3) is 0. The Morgan fingerprint density at radius 2 is 0.638 bits per heavy atom. The molecule has 0 heterocycles. The number of rotatable bonds is 22. The molecule has 35 nitrogen and oxygen atoms in total. The molecular weight excluding hydrogens is 1600 g/mol. The number of azo groups is 5. The molecule has 0 N–H and O–H groups in total. The van der Waals surface area contributed by atoms with Crippen molar-refractivity contribution in [2.24, 2.45) is 46.0 Å². The summed E-state index contributed by atoms with van der Waals surface area (Å²) in [7, 11) is -32.7. The van der Waals surface area contributed by atoms with E-state index in [2.05, 4.69) is 46.0 Å². The smallest absolute Gasteiger partial charge is 0.871 e. The molecule has 0 atom stereocenters. The molecule has 10 rings (SSSR count). The molecule has 0 amide bonds. The minimum atomic E-state index is -5.56. The van der Waals surface area contributed by atoms with Crippen LogP contribution in [0.25, 0.3) is 45.8 Å². The van der Waals surface area contributed by atoms with Gasteiger partial charge in [-0.25, -0.2) is 50.5 Å². The van der Waals surface area contributed by atoms with Gasteiger partial charge in [-0.1, -0.05) is 107 Å². The predicted octanol–water partition coefficient (Wildman–Crippen LogP) is 8.89. The second-order valence-electron chi connectivity index (χ2n) is 21.0. The average molecular weight is 1640 g/mol. The van der Waals surface area contributed by atoms with Gasteiger partial charge >= 0.3 is 42.7 Å². The second kappa shape index (κ2) is 31.2. The van der Waals surface area contributed by atoms with Crippen LogP contribution in [0, 0.1) is 5.21 Å². The standard InChI is InChI=1S/C62H42N10O25S6.2Cu/c73-59-47-27-39(21-16-37(47)25-55(102(92,93)94)57(59)69-67-49-7-3-1-5-45(49)61(75)76)63-65-41-19-13-33(51(29-41)98(80,81)82)9-10-35-15-23-43(31-53(35)100(86,87)88)71-72(79)44-24-18-36(54(32-44)101(89,90)91)12-11-34-14-20-42(30-52(34)99(83,84)85)66-64-40-22-17-38-26-56(103(95,96)97)58(60(74)48(38)28-40)70-68-50-8-4-2-6-46(50)62(77)78;;/h1-32,73-74H,(H,75,76)(H,77,78)(H,80,81,82)(H,83,84,85)(H,86,87,88)(H,89,90,91)(H,92,93,94)(H,95,96,97);;/q;2*+2/p-4. The predicted molar refractivity (Wildman–Crippen MR) is 348 cm³/mol. The van der Waals surface area contributed by atoms with Gasteiger partial charge in [-0.15, -0.1) is 20.5 Å². The third-order valence-corrected chi connectivity index (χ3v) is 19.5. The van der Waals surface area contributed by atoms with Crippen molar-refractivity contribution < 1.29 is 155 Å². The van der Waals surface area contributed by atoms with Gasteiger partial charge in [0.1, 0.15) is 66.4 Å².